The van der Waals surface area contributed by atoms with Gasteiger partial charge in [-0.2, -0.15) is 10.2 Å². The van der Waals surface area contributed by atoms with Crippen LogP contribution in [0.5, 0.6) is 5.75 Å². The van der Waals surface area contributed by atoms with E-state index in [4.69, 9.17) is 0 Å². The zero-order valence-corrected chi connectivity index (χ0v) is 15.4. The maximum absolute atomic E-state index is 12.3. The van der Waals surface area contributed by atoms with Gasteiger partial charge in [0.05, 0.1) is 16.8 Å². The van der Waals surface area contributed by atoms with Gasteiger partial charge in [-0.15, -0.1) is 0 Å². The van der Waals surface area contributed by atoms with E-state index in [1.165, 1.54) is 24.4 Å². The number of hydrogen-bond donors (Lipinski definition) is 3. The van der Waals surface area contributed by atoms with Gasteiger partial charge in [0.15, 0.2) is 5.69 Å². The fourth-order valence-corrected chi connectivity index (χ4v) is 3.01. The van der Waals surface area contributed by atoms with Crippen molar-refractivity contribution in [1.29, 1.82) is 0 Å². The second-order valence-corrected chi connectivity index (χ2v) is 6.39. The third kappa shape index (κ3) is 3.72. The van der Waals surface area contributed by atoms with Crippen LogP contribution in [0.2, 0.25) is 0 Å². The molecule has 0 atom stereocenters. The van der Waals surface area contributed by atoms with E-state index in [1.54, 1.807) is 24.3 Å². The van der Waals surface area contributed by atoms with E-state index >= 15 is 0 Å². The summed E-state index contributed by atoms with van der Waals surface area (Å²) in [6.07, 6.45) is 1.36. The molecule has 0 spiro atoms. The number of nitrogens with zero attached hydrogens (tertiary/aromatic N) is 3. The number of phenols is 1. The molecule has 148 valence electrons. The molecule has 1 heterocycles. The number of fused-ring (bicyclic) bond motifs is 1. The maximum atomic E-state index is 12.3. The minimum atomic E-state index is -0.570. The van der Waals surface area contributed by atoms with Crippen molar-refractivity contribution in [1.82, 2.24) is 15.6 Å². The summed E-state index contributed by atoms with van der Waals surface area (Å²) in [4.78, 5) is 22.8. The minimum Gasteiger partial charge on any atom is -0.507 e. The van der Waals surface area contributed by atoms with Gasteiger partial charge in [-0.1, -0.05) is 42.5 Å². The SMILES string of the molecule is O=C(N/N=C/c1c(O)ccc2ccccc12)c1cc(-c2cccc([N+](=O)[O-])c2)[nH]n1. The smallest absolute Gasteiger partial charge is 0.291 e. The highest BCUT2D eigenvalue weighted by atomic mass is 16.6. The fourth-order valence-electron chi connectivity index (χ4n) is 3.01. The van der Waals surface area contributed by atoms with E-state index in [0.717, 1.165) is 10.8 Å². The Labute approximate surface area is 169 Å². The Bertz CT molecular complexity index is 1300. The van der Waals surface area contributed by atoms with E-state index < -0.39 is 10.8 Å². The van der Waals surface area contributed by atoms with Crippen LogP contribution in [0.3, 0.4) is 0 Å². The third-order valence-electron chi connectivity index (χ3n) is 4.49. The zero-order valence-electron chi connectivity index (χ0n) is 15.4. The topological polar surface area (TPSA) is 134 Å². The molecule has 0 fully saturated rings. The van der Waals surface area contributed by atoms with E-state index in [1.807, 2.05) is 24.3 Å². The van der Waals surface area contributed by atoms with E-state index in [-0.39, 0.29) is 17.1 Å². The van der Waals surface area contributed by atoms with Crippen LogP contribution in [-0.4, -0.2) is 32.3 Å². The molecule has 9 heteroatoms. The first-order chi connectivity index (χ1) is 14.5. The summed E-state index contributed by atoms with van der Waals surface area (Å²) in [5, 5.41) is 33.3. The number of hydrogen-bond acceptors (Lipinski definition) is 6. The molecule has 0 radical (unpaired) electrons. The predicted octanol–water partition coefficient (Wildman–Crippen LogP) is 3.61. The third-order valence-corrected chi connectivity index (χ3v) is 4.49. The van der Waals surface area contributed by atoms with Crippen LogP contribution in [0.1, 0.15) is 16.1 Å². The van der Waals surface area contributed by atoms with Crippen molar-refractivity contribution in [3.63, 3.8) is 0 Å². The number of carbonyl (C=O) groups is 1. The number of hydrazone groups is 1. The Morgan fingerprint density at radius 3 is 2.80 bits per heavy atom. The fraction of sp³-hybridized carbons (Fsp3) is 0. The molecule has 3 N–H and O–H groups in total. The largest absolute Gasteiger partial charge is 0.507 e. The quantitative estimate of drug-likeness (QED) is 0.267. The number of rotatable bonds is 5. The van der Waals surface area contributed by atoms with E-state index in [9.17, 15) is 20.0 Å². The molecular formula is C21H15N5O4. The van der Waals surface area contributed by atoms with Crippen LogP contribution >= 0.6 is 0 Å². The molecular weight excluding hydrogens is 386 g/mol. The molecule has 0 saturated heterocycles. The summed E-state index contributed by atoms with van der Waals surface area (Å²) in [5.74, 6) is -0.529. The number of amides is 1. The zero-order chi connectivity index (χ0) is 21.1. The molecule has 9 nitrogen and oxygen atoms in total. The van der Waals surface area contributed by atoms with Gasteiger partial charge in [0.25, 0.3) is 11.6 Å². The summed E-state index contributed by atoms with van der Waals surface area (Å²) in [6, 6.07) is 18.3. The normalized spacial score (nSPS) is 11.1. The van der Waals surface area contributed by atoms with Gasteiger partial charge in [0.2, 0.25) is 0 Å². The van der Waals surface area contributed by atoms with Gasteiger partial charge in [0.1, 0.15) is 5.75 Å². The number of phenolic OH excluding ortho intramolecular Hbond substituents is 1. The molecule has 4 rings (SSSR count). The Hall–Kier alpha value is -4.53. The number of aromatic amines is 1. The van der Waals surface area contributed by atoms with Gasteiger partial charge < -0.3 is 5.11 Å². The van der Waals surface area contributed by atoms with Gasteiger partial charge in [0, 0.05) is 23.3 Å². The summed E-state index contributed by atoms with van der Waals surface area (Å²) >= 11 is 0. The summed E-state index contributed by atoms with van der Waals surface area (Å²) in [6.45, 7) is 0. The molecule has 0 aliphatic rings. The van der Waals surface area contributed by atoms with Crippen molar-refractivity contribution in [3.8, 4) is 17.0 Å². The predicted molar refractivity (Wildman–Crippen MR) is 111 cm³/mol. The highest BCUT2D eigenvalue weighted by molar-refractivity contribution is 6.03. The molecule has 0 bridgehead atoms. The standard InChI is InChI=1S/C21H15N5O4/c27-20-9-8-13-4-1-2-7-16(13)17(20)12-22-25-21(28)19-11-18(23-24-19)14-5-3-6-15(10-14)26(29)30/h1-12,27H,(H,23,24)(H,25,28)/b22-12+. The second kappa shape index (κ2) is 7.84. The van der Waals surface area contributed by atoms with E-state index in [0.29, 0.717) is 16.8 Å². The first kappa shape index (κ1) is 18.8. The number of aromatic hydroxyl groups is 1. The van der Waals surface area contributed by atoms with Crippen LogP contribution in [0.15, 0.2) is 71.8 Å². The highest BCUT2D eigenvalue weighted by Crippen LogP contribution is 2.25. The number of nitro benzene ring substituents is 1. The summed E-state index contributed by atoms with van der Waals surface area (Å²) < 4.78 is 0. The van der Waals surface area contributed by atoms with Gasteiger partial charge in [-0.25, -0.2) is 5.43 Å². The molecule has 0 unspecified atom stereocenters. The second-order valence-electron chi connectivity index (χ2n) is 6.39. The molecule has 1 amide bonds. The van der Waals surface area contributed by atoms with Crippen molar-refractivity contribution in [2.75, 3.05) is 0 Å². The van der Waals surface area contributed by atoms with Gasteiger partial charge >= 0.3 is 0 Å². The summed E-state index contributed by atoms with van der Waals surface area (Å²) in [7, 11) is 0. The minimum absolute atomic E-state index is 0.0411. The number of carbonyl (C=O) groups excluding carboxylic acids is 1. The average Bonchev–Trinajstić information content (AvgIpc) is 3.26. The molecule has 3 aromatic carbocycles. The Morgan fingerprint density at radius 1 is 1.13 bits per heavy atom. The molecule has 0 aliphatic heterocycles. The van der Waals surface area contributed by atoms with E-state index in [2.05, 4.69) is 20.7 Å². The van der Waals surface area contributed by atoms with Crippen molar-refractivity contribution < 1.29 is 14.8 Å². The molecule has 0 saturated carbocycles. The van der Waals surface area contributed by atoms with Crippen molar-refractivity contribution in [2.45, 2.75) is 0 Å². The molecule has 4 aromatic rings. The highest BCUT2D eigenvalue weighted by Gasteiger charge is 2.13. The molecule has 30 heavy (non-hydrogen) atoms. The average molecular weight is 401 g/mol. The van der Waals surface area contributed by atoms with Crippen molar-refractivity contribution >= 4 is 28.6 Å². The monoisotopic (exact) mass is 401 g/mol. The lowest BCUT2D eigenvalue weighted by atomic mass is 10.0. The van der Waals surface area contributed by atoms with Crippen LogP contribution in [-0.2, 0) is 0 Å². The lowest BCUT2D eigenvalue weighted by Crippen LogP contribution is -2.18. The first-order valence-electron chi connectivity index (χ1n) is 8.87. The maximum Gasteiger partial charge on any atom is 0.291 e. The number of benzene rings is 3. The Morgan fingerprint density at radius 2 is 1.97 bits per heavy atom. The number of aromatic nitrogens is 2. The van der Waals surface area contributed by atoms with Crippen LogP contribution < -0.4 is 5.43 Å². The van der Waals surface area contributed by atoms with Crippen molar-refractivity contribution in [3.05, 3.63) is 88.1 Å². The van der Waals surface area contributed by atoms with Gasteiger partial charge in [-0.3, -0.25) is 20.0 Å². The molecule has 1 aromatic heterocycles. The van der Waals surface area contributed by atoms with Gasteiger partial charge in [-0.05, 0) is 22.9 Å². The lowest BCUT2D eigenvalue weighted by molar-refractivity contribution is -0.384. The van der Waals surface area contributed by atoms with Crippen molar-refractivity contribution in [2.24, 2.45) is 5.10 Å². The van der Waals surface area contributed by atoms with Crippen LogP contribution in [0.25, 0.3) is 22.0 Å². The van der Waals surface area contributed by atoms with Crippen LogP contribution in [0.4, 0.5) is 5.69 Å². The molecule has 0 aliphatic carbocycles. The lowest BCUT2D eigenvalue weighted by Gasteiger charge is -2.04. The number of H-pyrrole nitrogens is 1. The number of nitrogens with one attached hydrogen (secondary N) is 2. The number of nitro groups is 1. The number of non-ortho nitro benzene ring substituents is 1. The first-order valence-corrected chi connectivity index (χ1v) is 8.87. The van der Waals surface area contributed by atoms with Crippen LogP contribution in [0, 0.1) is 10.1 Å². The summed E-state index contributed by atoms with van der Waals surface area (Å²) in [5.41, 5.74) is 3.83. The Balaban J connectivity index is 1.52. The Kier molecular flexibility index (Phi) is 4.92.